The lowest BCUT2D eigenvalue weighted by Crippen LogP contribution is -2.39. The Hall–Kier alpha value is -2.28. The number of hydrogen-bond donors (Lipinski definition) is 3. The Kier molecular flexibility index (Phi) is 6.87. The molecule has 1 aliphatic carbocycles. The van der Waals surface area contributed by atoms with Crippen molar-refractivity contribution in [2.45, 2.75) is 38.3 Å². The summed E-state index contributed by atoms with van der Waals surface area (Å²) < 4.78 is 11.4. The quantitative estimate of drug-likeness (QED) is 0.649. The molecular formula is C17H25N3O4. The molecule has 4 N–H and O–H groups in total. The molecule has 0 aliphatic heterocycles. The molecule has 0 aromatic heterocycles. The lowest BCUT2D eigenvalue weighted by molar-refractivity contribution is -0.125. The van der Waals surface area contributed by atoms with Gasteiger partial charge >= 0.3 is 0 Å². The van der Waals surface area contributed by atoms with Gasteiger partial charge in [-0.25, -0.2) is 0 Å². The lowest BCUT2D eigenvalue weighted by atomic mass is 10.2. The van der Waals surface area contributed by atoms with Gasteiger partial charge in [-0.15, -0.1) is 0 Å². The van der Waals surface area contributed by atoms with Crippen molar-refractivity contribution in [3.8, 4) is 11.5 Å². The second-order valence-electron chi connectivity index (χ2n) is 5.77. The second-order valence-corrected chi connectivity index (χ2v) is 5.77. The topological polar surface area (TPSA) is 103 Å². The number of carbonyl (C=O) groups excluding carboxylic acids is 2. The van der Waals surface area contributed by atoms with E-state index < -0.39 is 0 Å². The fraction of sp³-hybridized carbons (Fsp3) is 0.529. The number of amides is 2. The Bertz CT molecular complexity index is 571. The van der Waals surface area contributed by atoms with Crippen LogP contribution in [0.2, 0.25) is 0 Å². The van der Waals surface area contributed by atoms with Crippen molar-refractivity contribution in [3.63, 3.8) is 0 Å². The Morgan fingerprint density at radius 3 is 2.58 bits per heavy atom. The lowest BCUT2D eigenvalue weighted by Gasteiger charge is -2.17. The Morgan fingerprint density at radius 2 is 1.92 bits per heavy atom. The highest BCUT2D eigenvalue weighted by Crippen LogP contribution is 2.32. The molecular weight excluding hydrogens is 310 g/mol. The molecule has 0 radical (unpaired) electrons. The van der Waals surface area contributed by atoms with Gasteiger partial charge in [-0.3, -0.25) is 9.59 Å². The van der Waals surface area contributed by atoms with E-state index in [4.69, 9.17) is 15.2 Å². The standard InChI is InChI=1S/C17H25N3O4/c1-23-14-7-6-12(8-15(14)24-13-4-2-3-5-13)10-19-17(22)11-20-16(21)9-18/h6-8,13H,2-5,9-11,18H2,1H3,(H,19,22)(H,20,21). The van der Waals surface area contributed by atoms with Gasteiger partial charge in [-0.05, 0) is 43.4 Å². The second kappa shape index (κ2) is 9.12. The first kappa shape index (κ1) is 18.1. The van der Waals surface area contributed by atoms with Crippen molar-refractivity contribution in [2.75, 3.05) is 20.2 Å². The maximum atomic E-state index is 11.7. The SMILES string of the molecule is COc1ccc(CNC(=O)CNC(=O)CN)cc1OC1CCCC1. The molecule has 1 aliphatic rings. The molecule has 132 valence electrons. The first-order valence-electron chi connectivity index (χ1n) is 8.19. The predicted octanol–water partition coefficient (Wildman–Crippen LogP) is 0.708. The Labute approximate surface area is 141 Å². The molecule has 0 heterocycles. The van der Waals surface area contributed by atoms with Crippen LogP contribution in [0.4, 0.5) is 0 Å². The van der Waals surface area contributed by atoms with Gasteiger partial charge in [0.25, 0.3) is 0 Å². The van der Waals surface area contributed by atoms with Gasteiger partial charge in [-0.1, -0.05) is 6.07 Å². The van der Waals surface area contributed by atoms with Crippen LogP contribution in [-0.4, -0.2) is 38.1 Å². The average molecular weight is 335 g/mol. The zero-order chi connectivity index (χ0) is 17.4. The van der Waals surface area contributed by atoms with Crippen molar-refractivity contribution in [1.82, 2.24) is 10.6 Å². The Balaban J connectivity index is 1.90. The summed E-state index contributed by atoms with van der Waals surface area (Å²) in [4.78, 5) is 22.7. The van der Waals surface area contributed by atoms with Crippen molar-refractivity contribution in [3.05, 3.63) is 23.8 Å². The summed E-state index contributed by atoms with van der Waals surface area (Å²) in [5.41, 5.74) is 6.07. The van der Waals surface area contributed by atoms with Gasteiger partial charge in [0.15, 0.2) is 11.5 Å². The number of ether oxygens (including phenoxy) is 2. The molecule has 0 spiro atoms. The molecule has 7 heteroatoms. The molecule has 0 bridgehead atoms. The van der Waals surface area contributed by atoms with Crippen molar-refractivity contribution >= 4 is 11.8 Å². The van der Waals surface area contributed by atoms with Gasteiger partial charge in [0, 0.05) is 6.54 Å². The van der Waals surface area contributed by atoms with Crippen LogP contribution in [0.5, 0.6) is 11.5 Å². The fourth-order valence-corrected chi connectivity index (χ4v) is 2.62. The van der Waals surface area contributed by atoms with Gasteiger partial charge in [0.1, 0.15) is 0 Å². The minimum absolute atomic E-state index is 0.0857. The summed E-state index contributed by atoms with van der Waals surface area (Å²) in [6.07, 6.45) is 4.74. The number of carbonyl (C=O) groups is 2. The van der Waals surface area contributed by atoms with E-state index in [-0.39, 0.29) is 31.0 Å². The van der Waals surface area contributed by atoms with Crippen LogP contribution in [0.15, 0.2) is 18.2 Å². The molecule has 0 unspecified atom stereocenters. The summed E-state index contributed by atoms with van der Waals surface area (Å²) in [7, 11) is 1.61. The minimum Gasteiger partial charge on any atom is -0.493 e. The first-order chi connectivity index (χ1) is 11.6. The van der Waals surface area contributed by atoms with Crippen molar-refractivity contribution in [2.24, 2.45) is 5.73 Å². The number of hydrogen-bond acceptors (Lipinski definition) is 5. The maximum absolute atomic E-state index is 11.7. The first-order valence-corrected chi connectivity index (χ1v) is 8.19. The van der Waals surface area contributed by atoms with Crippen LogP contribution >= 0.6 is 0 Å². The zero-order valence-corrected chi connectivity index (χ0v) is 14.0. The van der Waals surface area contributed by atoms with Crippen LogP contribution in [-0.2, 0) is 16.1 Å². The molecule has 1 fully saturated rings. The highest BCUT2D eigenvalue weighted by atomic mass is 16.5. The van der Waals surface area contributed by atoms with E-state index in [2.05, 4.69) is 10.6 Å². The number of nitrogens with two attached hydrogens (primary N) is 1. The van der Waals surface area contributed by atoms with E-state index in [1.54, 1.807) is 7.11 Å². The van der Waals surface area contributed by atoms with E-state index in [1.807, 2.05) is 18.2 Å². The molecule has 1 aromatic rings. The summed E-state index contributed by atoms with van der Waals surface area (Å²) in [5.74, 6) is 0.757. The van der Waals surface area contributed by atoms with Crippen LogP contribution in [0.3, 0.4) is 0 Å². The third kappa shape index (κ3) is 5.42. The average Bonchev–Trinajstić information content (AvgIpc) is 3.11. The summed E-state index contributed by atoms with van der Waals surface area (Å²) in [6, 6.07) is 5.59. The molecule has 2 rings (SSSR count). The van der Waals surface area contributed by atoms with Crippen LogP contribution in [0.1, 0.15) is 31.2 Å². The van der Waals surface area contributed by atoms with Crippen LogP contribution < -0.4 is 25.8 Å². The molecule has 24 heavy (non-hydrogen) atoms. The van der Waals surface area contributed by atoms with E-state index >= 15 is 0 Å². The van der Waals surface area contributed by atoms with E-state index in [0.29, 0.717) is 18.0 Å². The van der Waals surface area contributed by atoms with Crippen LogP contribution in [0, 0.1) is 0 Å². The molecule has 7 nitrogen and oxygen atoms in total. The van der Waals surface area contributed by atoms with E-state index in [0.717, 1.165) is 18.4 Å². The normalized spacial score (nSPS) is 14.2. The molecule has 0 saturated heterocycles. The van der Waals surface area contributed by atoms with Crippen molar-refractivity contribution < 1.29 is 19.1 Å². The monoisotopic (exact) mass is 335 g/mol. The van der Waals surface area contributed by atoms with Crippen molar-refractivity contribution in [1.29, 1.82) is 0 Å². The predicted molar refractivity (Wildman–Crippen MR) is 89.8 cm³/mol. The van der Waals surface area contributed by atoms with Gasteiger partial charge in [-0.2, -0.15) is 0 Å². The molecule has 2 amide bonds. The summed E-state index contributed by atoms with van der Waals surface area (Å²) >= 11 is 0. The van der Waals surface area contributed by atoms with Gasteiger partial charge in [0.05, 0.1) is 26.3 Å². The number of benzene rings is 1. The molecule has 1 saturated carbocycles. The zero-order valence-electron chi connectivity index (χ0n) is 14.0. The minimum atomic E-state index is -0.359. The third-order valence-corrected chi connectivity index (χ3v) is 3.95. The Morgan fingerprint density at radius 1 is 1.17 bits per heavy atom. The highest BCUT2D eigenvalue weighted by molar-refractivity contribution is 5.85. The maximum Gasteiger partial charge on any atom is 0.239 e. The highest BCUT2D eigenvalue weighted by Gasteiger charge is 2.18. The van der Waals surface area contributed by atoms with E-state index in [9.17, 15) is 9.59 Å². The fourth-order valence-electron chi connectivity index (χ4n) is 2.62. The summed E-state index contributed by atoms with van der Waals surface area (Å²) in [5, 5.41) is 5.17. The number of methoxy groups -OCH3 is 1. The molecule has 1 aromatic carbocycles. The van der Waals surface area contributed by atoms with Gasteiger partial charge < -0.3 is 25.8 Å². The van der Waals surface area contributed by atoms with Gasteiger partial charge in [0.2, 0.25) is 11.8 Å². The van der Waals surface area contributed by atoms with Crippen LogP contribution in [0.25, 0.3) is 0 Å². The smallest absolute Gasteiger partial charge is 0.239 e. The number of nitrogens with one attached hydrogen (secondary N) is 2. The van der Waals surface area contributed by atoms with E-state index in [1.165, 1.54) is 12.8 Å². The largest absolute Gasteiger partial charge is 0.493 e. The molecule has 0 atom stereocenters. The number of rotatable bonds is 8. The summed E-state index contributed by atoms with van der Waals surface area (Å²) in [6.45, 7) is 0.133. The third-order valence-electron chi connectivity index (χ3n) is 3.95.